The third kappa shape index (κ3) is 7.55. The van der Waals surface area contributed by atoms with Crippen molar-refractivity contribution in [2.24, 2.45) is 11.5 Å². The maximum Gasteiger partial charge on any atom is 0.252 e. The molecule has 174 valence electrons. The molecule has 0 atom stereocenters. The Labute approximate surface area is 190 Å². The highest BCUT2D eigenvalue weighted by Gasteiger charge is 2.16. The van der Waals surface area contributed by atoms with Gasteiger partial charge in [0.15, 0.2) is 0 Å². The molecule has 2 aromatic rings. The average molecular weight is 443 g/mol. The summed E-state index contributed by atoms with van der Waals surface area (Å²) in [6.07, 6.45) is 0. The van der Waals surface area contributed by atoms with Crippen molar-refractivity contribution >= 4 is 11.8 Å². The molecular formula is C24H34N4O4. The van der Waals surface area contributed by atoms with Crippen molar-refractivity contribution in [2.45, 2.75) is 20.4 Å². The third-order valence-corrected chi connectivity index (χ3v) is 5.06. The lowest BCUT2D eigenvalue weighted by Crippen LogP contribution is -2.43. The summed E-state index contributed by atoms with van der Waals surface area (Å²) < 4.78 is 10.6. The number of likely N-dealkylation sites (N-methyl/N-ethyl adjacent to an activating group) is 1. The molecule has 4 N–H and O–H groups in total. The number of para-hydroxylation sites is 1. The highest BCUT2D eigenvalue weighted by molar-refractivity contribution is 5.96. The maximum atomic E-state index is 11.5. The van der Waals surface area contributed by atoms with E-state index in [9.17, 15) is 9.59 Å². The topological polar surface area (TPSA) is 111 Å². The Bertz CT molecular complexity index is 895. The summed E-state index contributed by atoms with van der Waals surface area (Å²) in [4.78, 5) is 27.1. The molecule has 1 saturated heterocycles. The number of piperazine rings is 1. The van der Waals surface area contributed by atoms with E-state index in [0.29, 0.717) is 35.8 Å². The summed E-state index contributed by atoms with van der Waals surface area (Å²) in [6.45, 7) is 9.92. The van der Waals surface area contributed by atoms with Gasteiger partial charge in [0.05, 0.1) is 24.3 Å². The molecule has 3 rings (SSSR count). The molecule has 0 bridgehead atoms. The van der Waals surface area contributed by atoms with E-state index in [1.165, 1.54) is 0 Å². The zero-order valence-electron chi connectivity index (χ0n) is 19.2. The minimum Gasteiger partial charge on any atom is -0.493 e. The van der Waals surface area contributed by atoms with Gasteiger partial charge in [-0.3, -0.25) is 14.5 Å². The third-order valence-electron chi connectivity index (χ3n) is 5.06. The Morgan fingerprint density at radius 1 is 0.844 bits per heavy atom. The van der Waals surface area contributed by atoms with Gasteiger partial charge in [-0.05, 0) is 50.7 Å². The molecule has 8 heteroatoms. The summed E-state index contributed by atoms with van der Waals surface area (Å²) in [5.41, 5.74) is 12.6. The molecule has 2 aromatic carbocycles. The van der Waals surface area contributed by atoms with Crippen LogP contribution in [-0.2, 0) is 6.54 Å². The molecule has 0 radical (unpaired) electrons. The predicted octanol–water partition coefficient (Wildman–Crippen LogP) is 2.12. The van der Waals surface area contributed by atoms with E-state index in [1.54, 1.807) is 24.3 Å². The maximum absolute atomic E-state index is 11.5. The van der Waals surface area contributed by atoms with Gasteiger partial charge >= 0.3 is 0 Å². The number of rotatable bonds is 8. The molecule has 8 nitrogen and oxygen atoms in total. The molecule has 1 heterocycles. The smallest absolute Gasteiger partial charge is 0.252 e. The summed E-state index contributed by atoms with van der Waals surface area (Å²) in [6, 6.07) is 12.6. The van der Waals surface area contributed by atoms with E-state index in [1.807, 2.05) is 32.0 Å². The van der Waals surface area contributed by atoms with E-state index in [4.69, 9.17) is 20.9 Å². The fourth-order valence-corrected chi connectivity index (χ4v) is 3.37. The van der Waals surface area contributed by atoms with Gasteiger partial charge in [-0.25, -0.2) is 0 Å². The quantitative estimate of drug-likeness (QED) is 0.648. The average Bonchev–Trinajstić information content (AvgIpc) is 2.77. The number of carbonyl (C=O) groups is 2. The monoisotopic (exact) mass is 442 g/mol. The van der Waals surface area contributed by atoms with Gasteiger partial charge in [0, 0.05) is 32.7 Å². The zero-order valence-corrected chi connectivity index (χ0v) is 19.2. The number of amides is 2. The van der Waals surface area contributed by atoms with Crippen LogP contribution in [0.2, 0.25) is 0 Å². The summed E-state index contributed by atoms with van der Waals surface area (Å²) in [5, 5.41) is 0. The first-order valence-electron chi connectivity index (χ1n) is 10.8. The Balaban J connectivity index is 0.000000258. The van der Waals surface area contributed by atoms with Gasteiger partial charge in [0.25, 0.3) is 11.8 Å². The zero-order chi connectivity index (χ0) is 23.5. The first-order valence-corrected chi connectivity index (χ1v) is 10.8. The standard InChI is InChI=1S/C15H23N3O2.C9H11NO2/c1-3-20-14-5-4-12(10-13(14)15(16)19)11-18-8-6-17(2)7-9-18;1-2-12-8-6-4-3-5-7(8)9(10)11/h4-5,10H,3,6-9,11H2,1-2H3,(H2,16,19);3-6H,2H2,1H3,(H2,10,11). The SMILES string of the molecule is CCOc1ccc(CN2CCN(C)CC2)cc1C(N)=O.CCOc1ccccc1C(N)=O. The first kappa shape index (κ1) is 25.2. The van der Waals surface area contributed by atoms with E-state index >= 15 is 0 Å². The Morgan fingerprint density at radius 3 is 1.97 bits per heavy atom. The van der Waals surface area contributed by atoms with Crippen LogP contribution in [0, 0.1) is 0 Å². The number of ether oxygens (including phenoxy) is 2. The number of hydrogen-bond donors (Lipinski definition) is 2. The van der Waals surface area contributed by atoms with Gasteiger partial charge < -0.3 is 25.8 Å². The van der Waals surface area contributed by atoms with E-state index in [2.05, 4.69) is 16.8 Å². The van der Waals surface area contributed by atoms with Gasteiger partial charge in [0.1, 0.15) is 11.5 Å². The van der Waals surface area contributed by atoms with Crippen molar-refractivity contribution in [3.63, 3.8) is 0 Å². The van der Waals surface area contributed by atoms with Gasteiger partial charge in [-0.15, -0.1) is 0 Å². The van der Waals surface area contributed by atoms with Crippen LogP contribution in [0.3, 0.4) is 0 Å². The van der Waals surface area contributed by atoms with Gasteiger partial charge in [-0.2, -0.15) is 0 Å². The number of nitrogens with zero attached hydrogens (tertiary/aromatic N) is 2. The number of carbonyl (C=O) groups excluding carboxylic acids is 2. The van der Waals surface area contributed by atoms with Crippen molar-refractivity contribution in [2.75, 3.05) is 46.4 Å². The van der Waals surface area contributed by atoms with E-state index in [-0.39, 0.29) is 0 Å². The second kappa shape index (κ2) is 12.7. The van der Waals surface area contributed by atoms with E-state index in [0.717, 1.165) is 38.3 Å². The van der Waals surface area contributed by atoms with Crippen LogP contribution in [0.1, 0.15) is 40.1 Å². The molecule has 1 aliphatic rings. The summed E-state index contributed by atoms with van der Waals surface area (Å²) >= 11 is 0. The Hall–Kier alpha value is -3.10. The summed E-state index contributed by atoms with van der Waals surface area (Å²) in [7, 11) is 2.14. The van der Waals surface area contributed by atoms with Crippen molar-refractivity contribution in [3.8, 4) is 11.5 Å². The number of primary amides is 2. The fourth-order valence-electron chi connectivity index (χ4n) is 3.37. The lowest BCUT2D eigenvalue weighted by molar-refractivity contribution is 0.0987. The van der Waals surface area contributed by atoms with Crippen LogP contribution >= 0.6 is 0 Å². The molecule has 2 amide bonds. The number of benzene rings is 2. The van der Waals surface area contributed by atoms with Crippen LogP contribution in [0.25, 0.3) is 0 Å². The normalized spacial score (nSPS) is 14.2. The molecule has 0 saturated carbocycles. The molecular weight excluding hydrogens is 408 g/mol. The van der Waals surface area contributed by atoms with Crippen molar-refractivity contribution < 1.29 is 19.1 Å². The van der Waals surface area contributed by atoms with Crippen LogP contribution in [0.4, 0.5) is 0 Å². The number of nitrogens with two attached hydrogens (primary N) is 2. The summed E-state index contributed by atoms with van der Waals surface area (Å²) in [5.74, 6) is 0.224. The molecule has 0 aromatic heterocycles. The van der Waals surface area contributed by atoms with Crippen molar-refractivity contribution in [1.82, 2.24) is 9.80 Å². The second-order valence-electron chi connectivity index (χ2n) is 7.50. The highest BCUT2D eigenvalue weighted by Crippen LogP contribution is 2.21. The minimum atomic E-state index is -0.459. The Kier molecular flexibility index (Phi) is 9.97. The van der Waals surface area contributed by atoms with Crippen molar-refractivity contribution in [1.29, 1.82) is 0 Å². The largest absolute Gasteiger partial charge is 0.493 e. The highest BCUT2D eigenvalue weighted by atomic mass is 16.5. The molecule has 32 heavy (non-hydrogen) atoms. The predicted molar refractivity (Wildman–Crippen MR) is 125 cm³/mol. The fraction of sp³-hybridized carbons (Fsp3) is 0.417. The lowest BCUT2D eigenvalue weighted by atomic mass is 10.1. The molecule has 0 spiro atoms. The van der Waals surface area contributed by atoms with E-state index < -0.39 is 11.8 Å². The van der Waals surface area contributed by atoms with Gasteiger partial charge in [-0.1, -0.05) is 18.2 Å². The molecule has 1 fully saturated rings. The molecule has 0 unspecified atom stereocenters. The van der Waals surface area contributed by atoms with Crippen LogP contribution in [-0.4, -0.2) is 68.1 Å². The second-order valence-corrected chi connectivity index (χ2v) is 7.50. The minimum absolute atomic E-state index is 0.430. The van der Waals surface area contributed by atoms with Crippen LogP contribution in [0.15, 0.2) is 42.5 Å². The molecule has 0 aliphatic carbocycles. The van der Waals surface area contributed by atoms with Crippen LogP contribution < -0.4 is 20.9 Å². The van der Waals surface area contributed by atoms with Crippen molar-refractivity contribution in [3.05, 3.63) is 59.2 Å². The lowest BCUT2D eigenvalue weighted by Gasteiger charge is -2.32. The number of hydrogen-bond acceptors (Lipinski definition) is 6. The first-order chi connectivity index (χ1) is 15.3. The Morgan fingerprint density at radius 2 is 1.41 bits per heavy atom. The molecule has 1 aliphatic heterocycles. The van der Waals surface area contributed by atoms with Crippen LogP contribution in [0.5, 0.6) is 11.5 Å². The van der Waals surface area contributed by atoms with Gasteiger partial charge in [0.2, 0.25) is 0 Å².